The molecule has 4 aromatic rings. The van der Waals surface area contributed by atoms with E-state index >= 15 is 0 Å². The lowest BCUT2D eigenvalue weighted by atomic mass is 9.95. The molecule has 2 N–H and O–H groups in total. The Kier molecular flexibility index (Phi) is 3.15. The molecule has 6 nitrogen and oxygen atoms in total. The molecule has 0 saturated carbocycles. The molecule has 1 aliphatic heterocycles. The summed E-state index contributed by atoms with van der Waals surface area (Å²) < 4.78 is 1.84. The van der Waals surface area contributed by atoms with Gasteiger partial charge in [-0.1, -0.05) is 0 Å². The van der Waals surface area contributed by atoms with Gasteiger partial charge < -0.3 is 5.32 Å². The van der Waals surface area contributed by atoms with Gasteiger partial charge in [0.1, 0.15) is 6.33 Å². The van der Waals surface area contributed by atoms with E-state index < -0.39 is 0 Å². The number of pyridine rings is 1. The average Bonchev–Trinajstić information content (AvgIpc) is 3.33. The molecule has 1 fully saturated rings. The van der Waals surface area contributed by atoms with Crippen LogP contribution in [0.25, 0.3) is 27.7 Å². The summed E-state index contributed by atoms with van der Waals surface area (Å²) in [5.41, 5.74) is 7.89. The quantitative estimate of drug-likeness (QED) is 0.592. The fraction of sp³-hybridized carbons (Fsp3) is 0.316. The van der Waals surface area contributed by atoms with Gasteiger partial charge in [-0.05, 0) is 61.7 Å². The lowest BCUT2D eigenvalue weighted by Gasteiger charge is -2.10. The second kappa shape index (κ2) is 5.39. The van der Waals surface area contributed by atoms with Crippen molar-refractivity contribution in [3.63, 3.8) is 0 Å². The van der Waals surface area contributed by atoms with Crippen molar-refractivity contribution in [3.05, 3.63) is 47.5 Å². The molecule has 1 aliphatic rings. The van der Waals surface area contributed by atoms with Crippen LogP contribution in [0.3, 0.4) is 0 Å². The van der Waals surface area contributed by atoms with Crippen LogP contribution in [0.15, 0.2) is 30.7 Å². The van der Waals surface area contributed by atoms with Crippen molar-refractivity contribution in [2.45, 2.75) is 26.2 Å². The van der Waals surface area contributed by atoms with E-state index in [9.17, 15) is 0 Å². The van der Waals surface area contributed by atoms with Gasteiger partial charge in [-0.3, -0.25) is 5.10 Å². The number of nitrogens with zero attached hydrogens (tertiary/aromatic N) is 4. The summed E-state index contributed by atoms with van der Waals surface area (Å²) in [6, 6.07) is 6.62. The van der Waals surface area contributed by atoms with Gasteiger partial charge in [-0.25, -0.2) is 9.50 Å². The number of aromatic amines is 1. The van der Waals surface area contributed by atoms with Crippen LogP contribution in [0.1, 0.15) is 29.2 Å². The van der Waals surface area contributed by atoms with Crippen molar-refractivity contribution in [2.75, 3.05) is 13.1 Å². The third-order valence-corrected chi connectivity index (χ3v) is 5.27. The molecule has 0 bridgehead atoms. The predicted octanol–water partition coefficient (Wildman–Crippen LogP) is 2.97. The van der Waals surface area contributed by atoms with E-state index in [1.807, 2.05) is 10.7 Å². The van der Waals surface area contributed by atoms with Crippen LogP contribution in [-0.2, 0) is 0 Å². The van der Waals surface area contributed by atoms with Crippen molar-refractivity contribution < 1.29 is 0 Å². The van der Waals surface area contributed by atoms with E-state index in [4.69, 9.17) is 0 Å². The Morgan fingerprint density at radius 1 is 1.16 bits per heavy atom. The summed E-state index contributed by atoms with van der Waals surface area (Å²) in [6.45, 7) is 6.35. The van der Waals surface area contributed by atoms with Gasteiger partial charge in [0.15, 0.2) is 5.65 Å². The smallest absolute Gasteiger partial charge is 0.158 e. The molecule has 25 heavy (non-hydrogen) atoms. The van der Waals surface area contributed by atoms with Gasteiger partial charge >= 0.3 is 0 Å². The molecule has 0 radical (unpaired) electrons. The highest BCUT2D eigenvalue weighted by Crippen LogP contribution is 2.33. The van der Waals surface area contributed by atoms with Crippen molar-refractivity contribution in [2.24, 2.45) is 0 Å². The van der Waals surface area contributed by atoms with Gasteiger partial charge in [0, 0.05) is 35.3 Å². The third-order valence-electron chi connectivity index (χ3n) is 5.27. The summed E-state index contributed by atoms with van der Waals surface area (Å²) in [7, 11) is 0. The van der Waals surface area contributed by atoms with Crippen LogP contribution >= 0.6 is 0 Å². The Hall–Kier alpha value is -2.73. The SMILES string of the molecule is Cc1cc2c(C3CCNC3)[nH]nc2cc1-c1cc(C)c2ncnn2c1. The summed E-state index contributed by atoms with van der Waals surface area (Å²) >= 11 is 0. The molecule has 6 heteroatoms. The molecule has 0 amide bonds. The highest BCUT2D eigenvalue weighted by atomic mass is 15.3. The summed E-state index contributed by atoms with van der Waals surface area (Å²) in [6.07, 6.45) is 4.80. The Balaban J connectivity index is 1.67. The van der Waals surface area contributed by atoms with Crippen LogP contribution in [-0.4, -0.2) is 37.9 Å². The standard InChI is InChI=1S/C19H20N6/c1-11-6-16-17(23-24-18(16)13-3-4-20-8-13)7-15(11)14-5-12(2)19-21-10-22-25(19)9-14/h5-7,9-10,13,20H,3-4,8H2,1-2H3,(H,23,24). The fourth-order valence-electron chi connectivity index (χ4n) is 3.95. The normalized spacial score (nSPS) is 17.8. The fourth-order valence-corrected chi connectivity index (χ4v) is 3.95. The number of benzene rings is 1. The summed E-state index contributed by atoms with van der Waals surface area (Å²) in [5, 5.41) is 16.8. The van der Waals surface area contributed by atoms with Crippen LogP contribution in [0.2, 0.25) is 0 Å². The summed E-state index contributed by atoms with van der Waals surface area (Å²) in [5.74, 6) is 0.531. The maximum absolute atomic E-state index is 4.58. The molecule has 1 unspecified atom stereocenters. The van der Waals surface area contributed by atoms with Gasteiger partial charge in [-0.15, -0.1) is 0 Å². The topological polar surface area (TPSA) is 70.9 Å². The van der Waals surface area contributed by atoms with Crippen molar-refractivity contribution in [3.8, 4) is 11.1 Å². The van der Waals surface area contributed by atoms with Crippen LogP contribution < -0.4 is 5.32 Å². The number of aromatic nitrogens is 5. The molecule has 1 atom stereocenters. The molecule has 126 valence electrons. The van der Waals surface area contributed by atoms with Crippen molar-refractivity contribution >= 4 is 16.6 Å². The van der Waals surface area contributed by atoms with Gasteiger partial charge in [0.05, 0.1) is 5.52 Å². The number of rotatable bonds is 2. The number of aryl methyl sites for hydroxylation is 2. The van der Waals surface area contributed by atoms with Crippen LogP contribution in [0, 0.1) is 13.8 Å². The molecule has 1 aromatic carbocycles. The van der Waals surface area contributed by atoms with E-state index in [2.05, 4.69) is 57.6 Å². The van der Waals surface area contributed by atoms with E-state index in [1.165, 1.54) is 28.6 Å². The zero-order valence-electron chi connectivity index (χ0n) is 14.4. The average molecular weight is 332 g/mol. The van der Waals surface area contributed by atoms with E-state index in [0.717, 1.165) is 35.4 Å². The number of nitrogens with one attached hydrogen (secondary N) is 2. The zero-order chi connectivity index (χ0) is 17.0. The minimum atomic E-state index is 0.531. The molecule has 5 rings (SSSR count). The Bertz CT molecular complexity index is 1080. The lowest BCUT2D eigenvalue weighted by Crippen LogP contribution is -2.08. The maximum Gasteiger partial charge on any atom is 0.158 e. The van der Waals surface area contributed by atoms with E-state index in [1.54, 1.807) is 6.33 Å². The Labute approximate surface area is 145 Å². The molecule has 0 spiro atoms. The predicted molar refractivity (Wildman–Crippen MR) is 97.8 cm³/mol. The maximum atomic E-state index is 4.58. The number of fused-ring (bicyclic) bond motifs is 2. The van der Waals surface area contributed by atoms with Gasteiger partial charge in [0.2, 0.25) is 0 Å². The highest BCUT2D eigenvalue weighted by molar-refractivity contribution is 5.88. The second-order valence-corrected chi connectivity index (χ2v) is 6.95. The monoisotopic (exact) mass is 332 g/mol. The second-order valence-electron chi connectivity index (χ2n) is 6.95. The minimum absolute atomic E-state index is 0.531. The van der Waals surface area contributed by atoms with Crippen molar-refractivity contribution in [1.29, 1.82) is 0 Å². The molecule has 0 aliphatic carbocycles. The number of hydrogen-bond donors (Lipinski definition) is 2. The Morgan fingerprint density at radius 3 is 2.92 bits per heavy atom. The number of hydrogen-bond acceptors (Lipinski definition) is 4. The van der Waals surface area contributed by atoms with E-state index in [0.29, 0.717) is 5.92 Å². The molecule has 1 saturated heterocycles. The van der Waals surface area contributed by atoms with E-state index in [-0.39, 0.29) is 0 Å². The first-order valence-electron chi connectivity index (χ1n) is 8.70. The molecule has 3 aromatic heterocycles. The Morgan fingerprint density at radius 2 is 2.08 bits per heavy atom. The lowest BCUT2D eigenvalue weighted by molar-refractivity contribution is 0.734. The zero-order valence-corrected chi connectivity index (χ0v) is 14.4. The molecule has 4 heterocycles. The summed E-state index contributed by atoms with van der Waals surface area (Å²) in [4.78, 5) is 4.30. The first-order chi connectivity index (χ1) is 12.2. The highest BCUT2D eigenvalue weighted by Gasteiger charge is 2.21. The number of H-pyrrole nitrogens is 1. The first kappa shape index (κ1) is 14.6. The first-order valence-corrected chi connectivity index (χ1v) is 8.70. The molecular formula is C19H20N6. The minimum Gasteiger partial charge on any atom is -0.316 e. The van der Waals surface area contributed by atoms with Crippen molar-refractivity contribution in [1.82, 2.24) is 30.1 Å². The van der Waals surface area contributed by atoms with Crippen LogP contribution in [0.5, 0.6) is 0 Å². The van der Waals surface area contributed by atoms with Gasteiger partial charge in [0.25, 0.3) is 0 Å². The largest absolute Gasteiger partial charge is 0.316 e. The third kappa shape index (κ3) is 2.25. The van der Waals surface area contributed by atoms with Gasteiger partial charge in [-0.2, -0.15) is 10.2 Å². The molecular weight excluding hydrogens is 312 g/mol. The van der Waals surface area contributed by atoms with Crippen LogP contribution in [0.4, 0.5) is 0 Å².